The second-order valence-corrected chi connectivity index (χ2v) is 4.75. The van der Waals surface area contributed by atoms with Gasteiger partial charge in [0.05, 0.1) is 5.56 Å². The smallest absolute Gasteiger partial charge is 0.160 e. The Bertz CT molecular complexity index is 534. The topological polar surface area (TPSA) is 35.0 Å². The molecule has 1 aromatic carbocycles. The van der Waals surface area contributed by atoms with E-state index in [1.54, 1.807) is 7.11 Å². The summed E-state index contributed by atoms with van der Waals surface area (Å²) in [6.45, 7) is 1.99. The molecule has 2 aromatic rings. The first-order chi connectivity index (χ1) is 9.17. The van der Waals surface area contributed by atoms with Gasteiger partial charge in [0, 0.05) is 7.11 Å². The Labute approximate surface area is 122 Å². The Morgan fingerprint density at radius 2 is 1.68 bits per heavy atom. The number of aromatic nitrogens is 2. The van der Waals surface area contributed by atoms with Gasteiger partial charge in [0.2, 0.25) is 0 Å². The van der Waals surface area contributed by atoms with Gasteiger partial charge in [0.25, 0.3) is 0 Å². The van der Waals surface area contributed by atoms with Crippen LogP contribution in [-0.2, 0) is 4.74 Å². The fourth-order valence-corrected chi connectivity index (χ4v) is 2.48. The van der Waals surface area contributed by atoms with Gasteiger partial charge in [0.1, 0.15) is 16.4 Å². The number of halogens is 2. The van der Waals surface area contributed by atoms with Crippen LogP contribution in [0.4, 0.5) is 0 Å². The van der Waals surface area contributed by atoms with E-state index in [9.17, 15) is 0 Å². The average molecular weight is 297 g/mol. The van der Waals surface area contributed by atoms with E-state index in [-0.39, 0.29) is 6.10 Å². The lowest BCUT2D eigenvalue weighted by atomic mass is 10.1. The normalized spacial score (nSPS) is 12.4. The maximum absolute atomic E-state index is 6.24. The van der Waals surface area contributed by atoms with E-state index in [0.717, 1.165) is 12.0 Å². The lowest BCUT2D eigenvalue weighted by Crippen LogP contribution is -2.07. The van der Waals surface area contributed by atoms with Gasteiger partial charge in [-0.2, -0.15) is 0 Å². The van der Waals surface area contributed by atoms with E-state index >= 15 is 0 Å². The molecule has 0 amide bonds. The van der Waals surface area contributed by atoms with Crippen LogP contribution in [0.2, 0.25) is 10.3 Å². The molecule has 0 radical (unpaired) electrons. The summed E-state index contributed by atoms with van der Waals surface area (Å²) in [6.07, 6.45) is 0.563. The van der Waals surface area contributed by atoms with Gasteiger partial charge in [0.15, 0.2) is 5.82 Å². The van der Waals surface area contributed by atoms with Crippen molar-refractivity contribution in [2.75, 3.05) is 7.11 Å². The van der Waals surface area contributed by atoms with Crippen LogP contribution in [0.3, 0.4) is 0 Å². The largest absolute Gasteiger partial charge is 0.373 e. The van der Waals surface area contributed by atoms with Gasteiger partial charge < -0.3 is 4.74 Å². The molecule has 0 N–H and O–H groups in total. The first kappa shape index (κ1) is 14.3. The molecule has 3 nitrogen and oxygen atoms in total. The van der Waals surface area contributed by atoms with Crippen molar-refractivity contribution in [1.29, 1.82) is 0 Å². The second kappa shape index (κ2) is 6.33. The Kier molecular flexibility index (Phi) is 4.75. The molecule has 2 rings (SSSR count). The van der Waals surface area contributed by atoms with E-state index in [1.807, 2.05) is 37.3 Å². The first-order valence-corrected chi connectivity index (χ1v) is 6.74. The second-order valence-electron chi connectivity index (χ2n) is 4.04. The van der Waals surface area contributed by atoms with E-state index < -0.39 is 0 Å². The summed E-state index contributed by atoms with van der Waals surface area (Å²) >= 11 is 12.5. The Morgan fingerprint density at radius 3 is 2.16 bits per heavy atom. The fraction of sp³-hybridized carbons (Fsp3) is 0.286. The number of ether oxygens (including phenoxy) is 1. The van der Waals surface area contributed by atoms with Crippen LogP contribution in [0.5, 0.6) is 0 Å². The van der Waals surface area contributed by atoms with Crippen LogP contribution in [-0.4, -0.2) is 17.1 Å². The fourth-order valence-electron chi connectivity index (χ4n) is 1.86. The van der Waals surface area contributed by atoms with E-state index in [4.69, 9.17) is 27.9 Å². The Balaban J connectivity index is 2.49. The van der Waals surface area contributed by atoms with Crippen LogP contribution >= 0.6 is 23.2 Å². The van der Waals surface area contributed by atoms with Crippen LogP contribution in [0.15, 0.2) is 30.3 Å². The summed E-state index contributed by atoms with van der Waals surface area (Å²) < 4.78 is 5.30. The Morgan fingerprint density at radius 1 is 1.11 bits per heavy atom. The van der Waals surface area contributed by atoms with Gasteiger partial charge in [-0.1, -0.05) is 60.5 Å². The zero-order valence-electron chi connectivity index (χ0n) is 10.7. The van der Waals surface area contributed by atoms with Crippen molar-refractivity contribution in [2.45, 2.75) is 19.4 Å². The van der Waals surface area contributed by atoms with Gasteiger partial charge in [-0.05, 0) is 12.0 Å². The van der Waals surface area contributed by atoms with Crippen molar-refractivity contribution in [2.24, 2.45) is 0 Å². The SMILES string of the molecule is CCC(OC)c1nc(Cl)c(-c2ccccc2)c(Cl)n1. The zero-order valence-corrected chi connectivity index (χ0v) is 12.2. The third kappa shape index (κ3) is 3.06. The third-order valence-corrected chi connectivity index (χ3v) is 3.39. The summed E-state index contributed by atoms with van der Waals surface area (Å²) in [5.41, 5.74) is 1.55. The summed E-state index contributed by atoms with van der Waals surface area (Å²) in [6, 6.07) is 9.60. The molecular weight excluding hydrogens is 283 g/mol. The quantitative estimate of drug-likeness (QED) is 0.777. The highest BCUT2D eigenvalue weighted by atomic mass is 35.5. The monoisotopic (exact) mass is 296 g/mol. The molecule has 1 heterocycles. The molecule has 0 aliphatic carbocycles. The van der Waals surface area contributed by atoms with Crippen LogP contribution in [0, 0.1) is 0 Å². The van der Waals surface area contributed by atoms with Gasteiger partial charge in [-0.25, -0.2) is 9.97 Å². The summed E-state index contributed by atoms with van der Waals surface area (Å²) in [5.74, 6) is 0.514. The molecule has 0 bridgehead atoms. The molecule has 0 aliphatic heterocycles. The average Bonchev–Trinajstić information content (AvgIpc) is 2.40. The molecule has 100 valence electrons. The van der Waals surface area contributed by atoms with Crippen LogP contribution in [0.1, 0.15) is 25.3 Å². The summed E-state index contributed by atoms with van der Waals surface area (Å²) in [7, 11) is 1.62. The maximum Gasteiger partial charge on any atom is 0.160 e. The van der Waals surface area contributed by atoms with E-state index in [1.165, 1.54) is 0 Å². The molecule has 0 saturated heterocycles. The number of methoxy groups -OCH3 is 1. The van der Waals surface area contributed by atoms with Crippen molar-refractivity contribution in [3.05, 3.63) is 46.5 Å². The van der Waals surface area contributed by atoms with Crippen molar-refractivity contribution >= 4 is 23.2 Å². The number of hydrogen-bond acceptors (Lipinski definition) is 3. The number of benzene rings is 1. The van der Waals surface area contributed by atoms with Gasteiger partial charge in [-0.15, -0.1) is 0 Å². The number of hydrogen-bond donors (Lipinski definition) is 0. The number of rotatable bonds is 4. The van der Waals surface area contributed by atoms with Gasteiger partial charge in [-0.3, -0.25) is 0 Å². The molecule has 1 atom stereocenters. The van der Waals surface area contributed by atoms with Crippen molar-refractivity contribution in [3.8, 4) is 11.1 Å². The van der Waals surface area contributed by atoms with Crippen molar-refractivity contribution in [3.63, 3.8) is 0 Å². The van der Waals surface area contributed by atoms with E-state index in [0.29, 0.717) is 21.7 Å². The summed E-state index contributed by atoms with van der Waals surface area (Å²) in [4.78, 5) is 8.59. The predicted molar refractivity (Wildman–Crippen MR) is 77.5 cm³/mol. The highest BCUT2D eigenvalue weighted by Crippen LogP contribution is 2.33. The highest BCUT2D eigenvalue weighted by molar-refractivity contribution is 6.37. The van der Waals surface area contributed by atoms with Crippen molar-refractivity contribution < 1.29 is 4.74 Å². The minimum atomic E-state index is -0.195. The van der Waals surface area contributed by atoms with Crippen LogP contribution < -0.4 is 0 Å². The van der Waals surface area contributed by atoms with E-state index in [2.05, 4.69) is 9.97 Å². The molecule has 0 aliphatic rings. The van der Waals surface area contributed by atoms with Gasteiger partial charge >= 0.3 is 0 Å². The number of nitrogens with zero attached hydrogens (tertiary/aromatic N) is 2. The lowest BCUT2D eigenvalue weighted by Gasteiger charge is -2.14. The minimum Gasteiger partial charge on any atom is -0.373 e. The molecular formula is C14H14Cl2N2O. The van der Waals surface area contributed by atoms with Crippen molar-refractivity contribution in [1.82, 2.24) is 9.97 Å². The standard InChI is InChI=1S/C14H14Cl2N2O/c1-3-10(19-2)14-17-12(15)11(13(16)18-14)9-7-5-4-6-8-9/h4-8,10H,3H2,1-2H3. The Hall–Kier alpha value is -1.16. The molecule has 0 spiro atoms. The molecule has 5 heteroatoms. The predicted octanol–water partition coefficient (Wildman–Crippen LogP) is 4.55. The summed E-state index contributed by atoms with van der Waals surface area (Å²) in [5, 5.41) is 0.688. The minimum absolute atomic E-state index is 0.195. The first-order valence-electron chi connectivity index (χ1n) is 5.98. The third-order valence-electron chi connectivity index (χ3n) is 2.84. The zero-order chi connectivity index (χ0) is 13.8. The molecule has 1 unspecified atom stereocenters. The molecule has 0 saturated carbocycles. The molecule has 1 aromatic heterocycles. The molecule has 19 heavy (non-hydrogen) atoms. The lowest BCUT2D eigenvalue weighted by molar-refractivity contribution is 0.0926. The van der Waals surface area contributed by atoms with Crippen LogP contribution in [0.25, 0.3) is 11.1 Å². The highest BCUT2D eigenvalue weighted by Gasteiger charge is 2.18. The molecule has 0 fully saturated rings. The maximum atomic E-state index is 6.24.